The van der Waals surface area contributed by atoms with Crippen molar-refractivity contribution in [1.29, 1.82) is 0 Å². The zero-order valence-electron chi connectivity index (χ0n) is 10.8. The third-order valence-electron chi connectivity index (χ3n) is 2.94. The molecule has 1 fully saturated rings. The summed E-state index contributed by atoms with van der Waals surface area (Å²) in [5, 5.41) is 3.12. The number of thioether (sulfide) groups is 1. The van der Waals surface area contributed by atoms with Crippen LogP contribution < -0.4 is 10.0 Å². The SMILES string of the molecule is CNc1ncc(S(=O)(=O)NCC2CCCCS2)cn1. The average molecular weight is 302 g/mol. The molecule has 0 aromatic carbocycles. The summed E-state index contributed by atoms with van der Waals surface area (Å²) in [6, 6.07) is 0. The Balaban J connectivity index is 1.96. The van der Waals surface area contributed by atoms with Crippen LogP contribution in [0, 0.1) is 0 Å². The Hall–Kier alpha value is -0.860. The second-order valence-corrected chi connectivity index (χ2v) is 7.51. The van der Waals surface area contributed by atoms with Crippen LogP contribution in [0.2, 0.25) is 0 Å². The molecule has 1 saturated heterocycles. The van der Waals surface area contributed by atoms with Crippen LogP contribution in [0.3, 0.4) is 0 Å². The standard InChI is InChI=1S/C11H18N4O2S2/c1-12-11-13-7-10(8-14-11)19(16,17)15-6-9-4-2-3-5-18-9/h7-9,15H,2-6H2,1H3,(H,12,13,14). The van der Waals surface area contributed by atoms with Crippen molar-refractivity contribution in [3.05, 3.63) is 12.4 Å². The van der Waals surface area contributed by atoms with E-state index in [1.54, 1.807) is 7.05 Å². The van der Waals surface area contributed by atoms with Crippen molar-refractivity contribution in [1.82, 2.24) is 14.7 Å². The van der Waals surface area contributed by atoms with Gasteiger partial charge in [-0.25, -0.2) is 23.1 Å². The molecule has 2 heterocycles. The number of nitrogens with zero attached hydrogens (tertiary/aromatic N) is 2. The molecule has 2 N–H and O–H groups in total. The predicted molar refractivity (Wildman–Crippen MR) is 76.9 cm³/mol. The highest BCUT2D eigenvalue weighted by molar-refractivity contribution is 8.00. The first-order valence-electron chi connectivity index (χ1n) is 6.23. The Morgan fingerprint density at radius 3 is 2.68 bits per heavy atom. The molecule has 1 aromatic rings. The lowest BCUT2D eigenvalue weighted by atomic mass is 10.2. The number of aromatic nitrogens is 2. The van der Waals surface area contributed by atoms with Crippen molar-refractivity contribution >= 4 is 27.7 Å². The van der Waals surface area contributed by atoms with Crippen LogP contribution in [0.4, 0.5) is 5.95 Å². The van der Waals surface area contributed by atoms with Gasteiger partial charge in [0, 0.05) is 18.8 Å². The Labute approximate surface area is 117 Å². The van der Waals surface area contributed by atoms with Crippen molar-refractivity contribution in [2.45, 2.75) is 29.4 Å². The van der Waals surface area contributed by atoms with E-state index in [4.69, 9.17) is 0 Å². The van der Waals surface area contributed by atoms with Crippen molar-refractivity contribution in [3.8, 4) is 0 Å². The summed E-state index contributed by atoms with van der Waals surface area (Å²) >= 11 is 1.84. The highest BCUT2D eigenvalue weighted by Crippen LogP contribution is 2.24. The fourth-order valence-electron chi connectivity index (χ4n) is 1.84. The van der Waals surface area contributed by atoms with Crippen LogP contribution in [0.25, 0.3) is 0 Å². The molecule has 0 aliphatic carbocycles. The lowest BCUT2D eigenvalue weighted by Crippen LogP contribution is -2.32. The summed E-state index contributed by atoms with van der Waals surface area (Å²) in [7, 11) is -1.82. The second kappa shape index (κ2) is 6.53. The molecule has 0 bridgehead atoms. The Kier molecular flexibility index (Phi) is 5.00. The number of nitrogens with one attached hydrogen (secondary N) is 2. The minimum atomic E-state index is -3.50. The van der Waals surface area contributed by atoms with Gasteiger partial charge in [-0.2, -0.15) is 11.8 Å². The summed E-state index contributed by atoms with van der Waals surface area (Å²) in [6.45, 7) is 0.473. The van der Waals surface area contributed by atoms with E-state index in [1.165, 1.54) is 25.2 Å². The van der Waals surface area contributed by atoms with E-state index in [2.05, 4.69) is 20.0 Å². The Bertz CT molecular complexity index is 498. The van der Waals surface area contributed by atoms with Crippen molar-refractivity contribution in [3.63, 3.8) is 0 Å². The van der Waals surface area contributed by atoms with Gasteiger partial charge in [0.2, 0.25) is 16.0 Å². The summed E-state index contributed by atoms with van der Waals surface area (Å²) < 4.78 is 26.7. The molecule has 1 aliphatic heterocycles. The monoisotopic (exact) mass is 302 g/mol. The molecular weight excluding hydrogens is 284 g/mol. The van der Waals surface area contributed by atoms with Gasteiger partial charge in [-0.1, -0.05) is 6.42 Å². The zero-order valence-corrected chi connectivity index (χ0v) is 12.4. The van der Waals surface area contributed by atoms with Crippen LogP contribution in [0.15, 0.2) is 17.3 Å². The topological polar surface area (TPSA) is 84.0 Å². The van der Waals surface area contributed by atoms with Gasteiger partial charge in [-0.15, -0.1) is 0 Å². The summed E-state index contributed by atoms with van der Waals surface area (Å²) in [5.41, 5.74) is 0. The second-order valence-electron chi connectivity index (χ2n) is 4.33. The molecule has 106 valence electrons. The fraction of sp³-hybridized carbons (Fsp3) is 0.636. The van der Waals surface area contributed by atoms with E-state index < -0.39 is 10.0 Å². The zero-order chi connectivity index (χ0) is 13.7. The van der Waals surface area contributed by atoms with Gasteiger partial charge >= 0.3 is 0 Å². The smallest absolute Gasteiger partial charge is 0.243 e. The van der Waals surface area contributed by atoms with Crippen LogP contribution in [0.1, 0.15) is 19.3 Å². The van der Waals surface area contributed by atoms with Crippen LogP contribution in [-0.4, -0.2) is 43.0 Å². The fourth-order valence-corrected chi connectivity index (χ4v) is 4.15. The Morgan fingerprint density at radius 1 is 1.37 bits per heavy atom. The molecule has 1 aromatic heterocycles. The minimum absolute atomic E-state index is 0.104. The van der Waals surface area contributed by atoms with Gasteiger partial charge in [0.25, 0.3) is 0 Å². The van der Waals surface area contributed by atoms with E-state index in [0.29, 0.717) is 17.7 Å². The normalized spacial score (nSPS) is 20.2. The molecule has 6 nitrogen and oxygen atoms in total. The van der Waals surface area contributed by atoms with Crippen LogP contribution in [-0.2, 0) is 10.0 Å². The number of rotatable bonds is 5. The van der Waals surface area contributed by atoms with Crippen molar-refractivity contribution < 1.29 is 8.42 Å². The lowest BCUT2D eigenvalue weighted by Gasteiger charge is -2.21. The van der Waals surface area contributed by atoms with Crippen molar-refractivity contribution in [2.75, 3.05) is 24.7 Å². The molecule has 1 atom stereocenters. The maximum absolute atomic E-state index is 12.1. The first-order valence-corrected chi connectivity index (χ1v) is 8.76. The van der Waals surface area contributed by atoms with E-state index in [9.17, 15) is 8.42 Å². The summed E-state index contributed by atoms with van der Waals surface area (Å²) in [5.74, 6) is 1.52. The highest BCUT2D eigenvalue weighted by atomic mass is 32.2. The molecule has 1 unspecified atom stereocenters. The predicted octanol–water partition coefficient (Wildman–Crippen LogP) is 1.08. The van der Waals surface area contributed by atoms with E-state index in [-0.39, 0.29) is 4.90 Å². The molecule has 0 spiro atoms. The van der Waals surface area contributed by atoms with Crippen molar-refractivity contribution in [2.24, 2.45) is 0 Å². The lowest BCUT2D eigenvalue weighted by molar-refractivity contribution is 0.573. The minimum Gasteiger partial charge on any atom is -0.357 e. The van der Waals surface area contributed by atoms with E-state index in [1.807, 2.05) is 11.8 Å². The summed E-state index contributed by atoms with van der Waals surface area (Å²) in [6.07, 6.45) is 6.11. The number of hydrogen-bond acceptors (Lipinski definition) is 6. The van der Waals surface area contributed by atoms with Gasteiger partial charge in [0.05, 0.1) is 12.4 Å². The molecule has 0 amide bonds. The quantitative estimate of drug-likeness (QED) is 0.847. The first kappa shape index (κ1) is 14.5. The highest BCUT2D eigenvalue weighted by Gasteiger charge is 2.19. The van der Waals surface area contributed by atoms with Crippen LogP contribution in [0.5, 0.6) is 0 Å². The molecule has 8 heteroatoms. The van der Waals surface area contributed by atoms with E-state index in [0.717, 1.165) is 12.2 Å². The van der Waals surface area contributed by atoms with Gasteiger partial charge in [-0.05, 0) is 18.6 Å². The maximum Gasteiger partial charge on any atom is 0.243 e. The maximum atomic E-state index is 12.1. The third-order valence-corrected chi connectivity index (χ3v) is 5.71. The van der Waals surface area contributed by atoms with Crippen LogP contribution >= 0.6 is 11.8 Å². The molecule has 19 heavy (non-hydrogen) atoms. The molecule has 0 radical (unpaired) electrons. The summed E-state index contributed by atoms with van der Waals surface area (Å²) in [4.78, 5) is 7.93. The molecule has 0 saturated carbocycles. The number of anilines is 1. The van der Waals surface area contributed by atoms with Gasteiger partial charge in [-0.3, -0.25) is 0 Å². The number of hydrogen-bond donors (Lipinski definition) is 2. The van der Waals surface area contributed by atoms with Gasteiger partial charge in [0.15, 0.2) is 0 Å². The molecule has 2 rings (SSSR count). The van der Waals surface area contributed by atoms with Gasteiger partial charge < -0.3 is 5.32 Å². The largest absolute Gasteiger partial charge is 0.357 e. The Morgan fingerprint density at radius 2 is 2.11 bits per heavy atom. The first-order chi connectivity index (χ1) is 9.12. The molecular formula is C11H18N4O2S2. The van der Waals surface area contributed by atoms with Gasteiger partial charge in [0.1, 0.15) is 4.90 Å². The molecule has 1 aliphatic rings. The van der Waals surface area contributed by atoms with E-state index >= 15 is 0 Å². The third kappa shape index (κ3) is 4.05. The number of sulfonamides is 1. The average Bonchev–Trinajstić information content (AvgIpc) is 2.46.